The van der Waals surface area contributed by atoms with Crippen LogP contribution in [0.5, 0.6) is 5.75 Å². The second-order valence-electron chi connectivity index (χ2n) is 7.69. The summed E-state index contributed by atoms with van der Waals surface area (Å²) in [5.74, 6) is 0.296. The van der Waals surface area contributed by atoms with E-state index in [9.17, 15) is 13.2 Å². The first-order valence-corrected chi connectivity index (χ1v) is 12.1. The number of rotatable bonds is 8. The lowest BCUT2D eigenvalue weighted by atomic mass is 10.1. The number of sulfonamides is 1. The Kier molecular flexibility index (Phi) is 6.90. The van der Waals surface area contributed by atoms with Crippen molar-refractivity contribution in [3.8, 4) is 5.75 Å². The minimum absolute atomic E-state index is 0.148. The molecule has 176 valence electrons. The van der Waals surface area contributed by atoms with Gasteiger partial charge in [-0.3, -0.25) is 10.2 Å². The fourth-order valence-electron chi connectivity index (χ4n) is 3.78. The molecule has 34 heavy (non-hydrogen) atoms. The van der Waals surface area contributed by atoms with Crippen LogP contribution in [-0.4, -0.2) is 69.4 Å². The lowest BCUT2D eigenvalue weighted by Crippen LogP contribution is -2.51. The van der Waals surface area contributed by atoms with E-state index in [1.165, 1.54) is 9.31 Å². The minimum atomic E-state index is -3.64. The number of ether oxygens (including phenoxy) is 1. The van der Waals surface area contributed by atoms with E-state index in [-0.39, 0.29) is 30.5 Å². The number of carbonyl (C=O) groups excluding carboxylic acids is 1. The second-order valence-corrected chi connectivity index (χ2v) is 9.63. The molecule has 1 amide bonds. The van der Waals surface area contributed by atoms with Gasteiger partial charge in [0.05, 0.1) is 10.6 Å². The number of fused-ring (bicyclic) bond motifs is 1. The highest BCUT2D eigenvalue weighted by atomic mass is 32.2. The molecule has 0 radical (unpaired) electrons. The van der Waals surface area contributed by atoms with Crippen molar-refractivity contribution in [1.29, 1.82) is 5.41 Å². The summed E-state index contributed by atoms with van der Waals surface area (Å²) in [5, 5.41) is 14.1. The number of benzene rings is 3. The highest BCUT2D eigenvalue weighted by Crippen LogP contribution is 2.23. The highest BCUT2D eigenvalue weighted by Gasteiger charge is 2.30. The number of carbonyl (C=O) groups is 1. The van der Waals surface area contributed by atoms with Crippen molar-refractivity contribution >= 4 is 45.4 Å². The van der Waals surface area contributed by atoms with Crippen LogP contribution < -0.4 is 9.75 Å². The van der Waals surface area contributed by atoms with Gasteiger partial charge in [-0.15, -0.1) is 0 Å². The third-order valence-electron chi connectivity index (χ3n) is 5.69. The quantitative estimate of drug-likeness (QED) is 0.304. The SMILES string of the molecule is C=NN(C=N)c1ccc(OCC(=O)N2CCN(S(=O)(=O)c3ccc4ccccc4c3)CC2)cc1. The molecule has 3 aromatic rings. The standard InChI is InChI=1S/C24H25N5O4S/c1-26-29(18-25)21-7-9-22(10-8-21)33-17-24(30)27-12-14-28(15-13-27)34(31,32)23-11-6-19-4-2-3-5-20(19)16-23/h2-11,16,18,25H,1,12-15,17H2. The van der Waals surface area contributed by atoms with Gasteiger partial charge in [0.1, 0.15) is 12.1 Å². The van der Waals surface area contributed by atoms with Gasteiger partial charge in [-0.1, -0.05) is 30.3 Å². The first kappa shape index (κ1) is 23.4. The molecule has 0 aliphatic carbocycles. The summed E-state index contributed by atoms with van der Waals surface area (Å²) in [5.41, 5.74) is 0.646. The van der Waals surface area contributed by atoms with Crippen molar-refractivity contribution < 1.29 is 17.9 Å². The Balaban J connectivity index is 1.32. The normalized spacial score (nSPS) is 14.5. The fraction of sp³-hybridized carbons (Fsp3) is 0.208. The molecule has 0 saturated carbocycles. The first-order valence-electron chi connectivity index (χ1n) is 10.7. The lowest BCUT2D eigenvalue weighted by molar-refractivity contribution is -0.134. The number of hydrogen-bond donors (Lipinski definition) is 1. The topological polar surface area (TPSA) is 106 Å². The van der Waals surface area contributed by atoms with E-state index in [0.29, 0.717) is 24.5 Å². The largest absolute Gasteiger partial charge is 0.484 e. The molecule has 3 aromatic carbocycles. The van der Waals surface area contributed by atoms with Gasteiger partial charge in [0.15, 0.2) is 6.61 Å². The average Bonchev–Trinajstić information content (AvgIpc) is 2.88. The van der Waals surface area contributed by atoms with Crippen LogP contribution in [0, 0.1) is 5.41 Å². The zero-order chi connectivity index (χ0) is 24.1. The Bertz CT molecular complexity index is 1290. The van der Waals surface area contributed by atoms with E-state index in [4.69, 9.17) is 10.1 Å². The summed E-state index contributed by atoms with van der Waals surface area (Å²) in [7, 11) is -3.64. The third-order valence-corrected chi connectivity index (χ3v) is 7.58. The maximum atomic E-state index is 13.1. The van der Waals surface area contributed by atoms with Crippen LogP contribution >= 0.6 is 0 Å². The summed E-state index contributed by atoms with van der Waals surface area (Å²) >= 11 is 0. The summed E-state index contributed by atoms with van der Waals surface area (Å²) < 4.78 is 33.2. The van der Waals surface area contributed by atoms with Gasteiger partial charge in [-0.2, -0.15) is 9.41 Å². The molecule has 1 aliphatic rings. The van der Waals surface area contributed by atoms with Crippen LogP contribution in [0.4, 0.5) is 5.69 Å². The van der Waals surface area contributed by atoms with Crippen LogP contribution in [0.2, 0.25) is 0 Å². The average molecular weight is 480 g/mol. The molecular formula is C24H25N5O4S. The molecule has 10 heteroatoms. The molecular weight excluding hydrogens is 454 g/mol. The highest BCUT2D eigenvalue weighted by molar-refractivity contribution is 7.89. The molecule has 1 heterocycles. The van der Waals surface area contributed by atoms with Gasteiger partial charge < -0.3 is 9.64 Å². The van der Waals surface area contributed by atoms with Gasteiger partial charge >= 0.3 is 0 Å². The first-order chi connectivity index (χ1) is 16.4. The Morgan fingerprint density at radius 1 is 1.03 bits per heavy atom. The van der Waals surface area contributed by atoms with E-state index in [2.05, 4.69) is 11.8 Å². The van der Waals surface area contributed by atoms with Crippen molar-refractivity contribution in [2.24, 2.45) is 5.10 Å². The molecule has 0 atom stereocenters. The van der Waals surface area contributed by atoms with E-state index in [1.807, 2.05) is 30.3 Å². The van der Waals surface area contributed by atoms with Crippen LogP contribution in [0.3, 0.4) is 0 Å². The van der Waals surface area contributed by atoms with Crippen LogP contribution in [-0.2, 0) is 14.8 Å². The third kappa shape index (κ3) is 4.92. The molecule has 0 bridgehead atoms. The van der Waals surface area contributed by atoms with Crippen LogP contribution in [0.25, 0.3) is 10.8 Å². The van der Waals surface area contributed by atoms with Gasteiger partial charge in [0, 0.05) is 32.9 Å². The fourth-order valence-corrected chi connectivity index (χ4v) is 5.24. The molecule has 4 rings (SSSR count). The van der Waals surface area contributed by atoms with Gasteiger partial charge in [0.2, 0.25) is 10.0 Å². The van der Waals surface area contributed by atoms with Crippen molar-refractivity contribution in [1.82, 2.24) is 9.21 Å². The Labute approximate surface area is 198 Å². The summed E-state index contributed by atoms with van der Waals surface area (Å²) in [4.78, 5) is 14.4. The van der Waals surface area contributed by atoms with Crippen molar-refractivity contribution in [3.05, 3.63) is 66.7 Å². The zero-order valence-electron chi connectivity index (χ0n) is 18.5. The van der Waals surface area contributed by atoms with Crippen LogP contribution in [0.1, 0.15) is 0 Å². The number of nitrogens with one attached hydrogen (secondary N) is 1. The number of anilines is 1. The lowest BCUT2D eigenvalue weighted by Gasteiger charge is -2.34. The molecule has 1 saturated heterocycles. The van der Waals surface area contributed by atoms with E-state index in [0.717, 1.165) is 17.1 Å². The summed E-state index contributed by atoms with van der Waals surface area (Å²) in [6, 6.07) is 19.5. The van der Waals surface area contributed by atoms with Crippen molar-refractivity contribution in [2.75, 3.05) is 37.8 Å². The molecule has 0 spiro atoms. The Morgan fingerprint density at radius 2 is 1.71 bits per heavy atom. The van der Waals surface area contributed by atoms with E-state index in [1.54, 1.807) is 41.3 Å². The predicted molar refractivity (Wildman–Crippen MR) is 132 cm³/mol. The van der Waals surface area contributed by atoms with Crippen molar-refractivity contribution in [2.45, 2.75) is 4.90 Å². The molecule has 1 fully saturated rings. The Hall–Kier alpha value is -3.76. The molecule has 9 nitrogen and oxygen atoms in total. The number of amides is 1. The monoisotopic (exact) mass is 479 g/mol. The molecule has 0 aromatic heterocycles. The van der Waals surface area contributed by atoms with Gasteiger partial charge in [0.25, 0.3) is 5.91 Å². The maximum absolute atomic E-state index is 13.1. The smallest absolute Gasteiger partial charge is 0.260 e. The number of piperazine rings is 1. The van der Waals surface area contributed by atoms with E-state index >= 15 is 0 Å². The zero-order valence-corrected chi connectivity index (χ0v) is 19.3. The van der Waals surface area contributed by atoms with E-state index < -0.39 is 10.0 Å². The maximum Gasteiger partial charge on any atom is 0.260 e. The van der Waals surface area contributed by atoms with Gasteiger partial charge in [-0.05, 0) is 47.2 Å². The molecule has 0 unspecified atom stereocenters. The number of nitrogens with zero attached hydrogens (tertiary/aromatic N) is 4. The Morgan fingerprint density at radius 3 is 2.35 bits per heavy atom. The van der Waals surface area contributed by atoms with Crippen molar-refractivity contribution in [3.63, 3.8) is 0 Å². The summed E-state index contributed by atoms with van der Waals surface area (Å²) in [6.07, 6.45) is 1.03. The molecule has 1 N–H and O–H groups in total. The predicted octanol–water partition coefficient (Wildman–Crippen LogP) is 2.78. The molecule has 1 aliphatic heterocycles. The summed E-state index contributed by atoms with van der Waals surface area (Å²) in [6.45, 7) is 4.29. The van der Waals surface area contributed by atoms with Gasteiger partial charge in [-0.25, -0.2) is 13.4 Å². The minimum Gasteiger partial charge on any atom is -0.484 e. The van der Waals surface area contributed by atoms with Crippen LogP contribution in [0.15, 0.2) is 76.7 Å². The number of hydrazone groups is 1. The second kappa shape index (κ2) is 10.0. The number of hydrogen-bond acceptors (Lipinski definition) is 6.